The predicted molar refractivity (Wildman–Crippen MR) is 31.5 cm³/mol. The quantitative estimate of drug-likeness (QED) is 0.331. The van der Waals surface area contributed by atoms with E-state index >= 15 is 0 Å². The molecule has 0 aliphatic rings. The summed E-state index contributed by atoms with van der Waals surface area (Å²) < 4.78 is 27.9. The van der Waals surface area contributed by atoms with E-state index in [1.54, 1.807) is 7.05 Å². The predicted octanol–water partition coefficient (Wildman–Crippen LogP) is -3.79. The van der Waals surface area contributed by atoms with Crippen molar-refractivity contribution in [3.05, 3.63) is 0 Å². The molecule has 0 aliphatic carbocycles. The van der Waals surface area contributed by atoms with Crippen molar-refractivity contribution in [2.45, 2.75) is 0 Å². The van der Waals surface area contributed by atoms with E-state index in [2.05, 4.69) is 5.32 Å². The van der Waals surface area contributed by atoms with Crippen molar-refractivity contribution in [3.8, 4) is 0 Å². The fourth-order valence-electron chi connectivity index (χ4n) is 0.231. The molecule has 0 unspecified atom stereocenters. The van der Waals surface area contributed by atoms with E-state index in [9.17, 15) is 8.42 Å². The van der Waals surface area contributed by atoms with Crippen LogP contribution in [0.2, 0.25) is 0 Å². The number of hydrogen-bond donors (Lipinski definition) is 2. The number of hydrogen-bond acceptors (Lipinski definition) is 3. The molecule has 0 aromatic heterocycles. The van der Waals surface area contributed by atoms with Gasteiger partial charge in [-0.1, -0.05) is 0 Å². The van der Waals surface area contributed by atoms with Gasteiger partial charge < -0.3 is 6.74 Å². The monoisotopic (exact) mass is 163 g/mol. The molecule has 0 amide bonds. The van der Waals surface area contributed by atoms with Gasteiger partial charge in [-0.05, 0) is 7.05 Å². The smallest absolute Gasteiger partial charge is 1.00 e. The summed E-state index contributed by atoms with van der Waals surface area (Å²) in [5.41, 5.74) is 0. The van der Waals surface area contributed by atoms with E-state index in [4.69, 9.17) is 4.55 Å². The van der Waals surface area contributed by atoms with Gasteiger partial charge in [0.05, 0.1) is 5.75 Å². The van der Waals surface area contributed by atoms with Crippen molar-refractivity contribution < 1.29 is 44.0 Å². The second-order valence-corrected chi connectivity index (χ2v) is 2.96. The van der Waals surface area contributed by atoms with Crippen LogP contribution in [0.25, 0.3) is 0 Å². The molecule has 0 heterocycles. The molecule has 9 heavy (non-hydrogen) atoms. The standard InChI is InChI=1S/C3H9NO3S.Na.H/c1-4-2-3-8(5,6)7;;/h4H,2-3H2,1H3,(H,5,6,7);;/q;+1;-1. The minimum absolute atomic E-state index is 0. The van der Waals surface area contributed by atoms with Gasteiger partial charge in [0.15, 0.2) is 0 Å². The van der Waals surface area contributed by atoms with Crippen LogP contribution in [-0.2, 0) is 10.1 Å². The number of nitrogens with one attached hydrogen (secondary N) is 1. The Morgan fingerprint density at radius 1 is 1.67 bits per heavy atom. The van der Waals surface area contributed by atoms with Crippen LogP contribution in [0.4, 0.5) is 0 Å². The van der Waals surface area contributed by atoms with Crippen molar-refractivity contribution in [2.75, 3.05) is 19.3 Å². The molecule has 0 spiro atoms. The first-order chi connectivity index (χ1) is 3.56. The minimum Gasteiger partial charge on any atom is -1.00 e. The summed E-state index contributed by atoms with van der Waals surface area (Å²) >= 11 is 0. The van der Waals surface area contributed by atoms with Crippen LogP contribution >= 0.6 is 0 Å². The zero-order valence-electron chi connectivity index (χ0n) is 6.59. The van der Waals surface area contributed by atoms with Crippen LogP contribution in [0.1, 0.15) is 1.43 Å². The average Bonchev–Trinajstić information content (AvgIpc) is 1.59. The zero-order chi connectivity index (χ0) is 6.62. The molecule has 6 heteroatoms. The summed E-state index contributed by atoms with van der Waals surface area (Å²) in [6, 6.07) is 0. The van der Waals surface area contributed by atoms with E-state index in [1.165, 1.54) is 0 Å². The third-order valence-corrected chi connectivity index (χ3v) is 1.33. The molecule has 0 aromatic carbocycles. The van der Waals surface area contributed by atoms with Crippen molar-refractivity contribution in [2.24, 2.45) is 0 Å². The van der Waals surface area contributed by atoms with Gasteiger partial charge in [0.25, 0.3) is 10.1 Å². The third kappa shape index (κ3) is 12.1. The molecule has 0 saturated carbocycles. The first-order valence-corrected chi connectivity index (χ1v) is 3.77. The van der Waals surface area contributed by atoms with Gasteiger partial charge in [-0.2, -0.15) is 8.42 Å². The van der Waals surface area contributed by atoms with Crippen molar-refractivity contribution in [1.29, 1.82) is 0 Å². The van der Waals surface area contributed by atoms with E-state index in [0.717, 1.165) is 0 Å². The van der Waals surface area contributed by atoms with Crippen LogP contribution in [0.3, 0.4) is 0 Å². The molecule has 0 atom stereocenters. The van der Waals surface area contributed by atoms with Crippen molar-refractivity contribution in [3.63, 3.8) is 0 Å². The van der Waals surface area contributed by atoms with Crippen LogP contribution in [-0.4, -0.2) is 32.3 Å². The Bertz CT molecular complexity index is 148. The third-order valence-electron chi connectivity index (χ3n) is 0.610. The van der Waals surface area contributed by atoms with Crippen molar-refractivity contribution >= 4 is 10.1 Å². The molecule has 52 valence electrons. The molecule has 0 aliphatic heterocycles. The van der Waals surface area contributed by atoms with Gasteiger partial charge >= 0.3 is 29.6 Å². The maximum Gasteiger partial charge on any atom is 1.00 e. The largest absolute Gasteiger partial charge is 1.00 e. The Morgan fingerprint density at radius 3 is 2.22 bits per heavy atom. The van der Waals surface area contributed by atoms with E-state index < -0.39 is 10.1 Å². The first-order valence-electron chi connectivity index (χ1n) is 2.16. The van der Waals surface area contributed by atoms with E-state index in [0.29, 0.717) is 6.54 Å². The maximum atomic E-state index is 9.91. The van der Waals surface area contributed by atoms with Gasteiger partial charge in [0.1, 0.15) is 0 Å². The van der Waals surface area contributed by atoms with Crippen LogP contribution in [0.5, 0.6) is 0 Å². The normalized spacial score (nSPS) is 10.4. The molecule has 2 N–H and O–H groups in total. The van der Waals surface area contributed by atoms with Crippen LogP contribution in [0.15, 0.2) is 0 Å². The van der Waals surface area contributed by atoms with E-state index in [1.807, 2.05) is 0 Å². The summed E-state index contributed by atoms with van der Waals surface area (Å²) in [6.07, 6.45) is 0. The maximum absolute atomic E-state index is 9.91. The summed E-state index contributed by atoms with van der Waals surface area (Å²) in [5.74, 6) is -0.219. The van der Waals surface area contributed by atoms with Gasteiger partial charge in [-0.25, -0.2) is 0 Å². The summed E-state index contributed by atoms with van der Waals surface area (Å²) in [7, 11) is -2.13. The number of rotatable bonds is 3. The summed E-state index contributed by atoms with van der Waals surface area (Å²) in [5, 5.41) is 2.59. The van der Waals surface area contributed by atoms with Crippen LogP contribution in [0, 0.1) is 0 Å². The molecule has 0 radical (unpaired) electrons. The fraction of sp³-hybridized carbons (Fsp3) is 1.00. The Balaban J connectivity index is -0.000000245. The summed E-state index contributed by atoms with van der Waals surface area (Å²) in [6.45, 7) is 0.291. The van der Waals surface area contributed by atoms with E-state index in [-0.39, 0.29) is 36.7 Å². The Labute approximate surface area is 78.5 Å². The molecule has 0 aromatic rings. The first kappa shape index (κ1) is 12.5. The van der Waals surface area contributed by atoms with Gasteiger partial charge in [-0.3, -0.25) is 4.55 Å². The van der Waals surface area contributed by atoms with Gasteiger partial charge in [-0.15, -0.1) is 0 Å². The molecule has 0 bridgehead atoms. The second-order valence-electron chi connectivity index (χ2n) is 1.39. The minimum atomic E-state index is -3.75. The topological polar surface area (TPSA) is 66.4 Å². The second kappa shape index (κ2) is 5.64. The molecular formula is C3H10NNaO3S. The molecule has 0 fully saturated rings. The van der Waals surface area contributed by atoms with Crippen LogP contribution < -0.4 is 34.9 Å². The molecule has 0 saturated heterocycles. The molecule has 0 rings (SSSR count). The molecule has 4 nitrogen and oxygen atoms in total. The summed E-state index contributed by atoms with van der Waals surface area (Å²) in [4.78, 5) is 0. The Hall–Kier alpha value is 0.870. The fourth-order valence-corrected chi connectivity index (χ4v) is 0.693. The SMILES string of the molecule is CNCCS(=O)(=O)O.[H-].[Na+]. The Morgan fingerprint density at radius 2 is 2.11 bits per heavy atom. The zero-order valence-corrected chi connectivity index (χ0v) is 8.40. The Kier molecular flexibility index (Phi) is 7.86. The molecular weight excluding hydrogens is 153 g/mol. The average molecular weight is 163 g/mol. The van der Waals surface area contributed by atoms with Gasteiger partial charge in [0.2, 0.25) is 0 Å². The van der Waals surface area contributed by atoms with Gasteiger partial charge in [0, 0.05) is 6.54 Å². The van der Waals surface area contributed by atoms with Crippen molar-refractivity contribution in [1.82, 2.24) is 5.32 Å².